The van der Waals surface area contributed by atoms with Crippen LogP contribution in [0.15, 0.2) is 30.5 Å². The molecule has 0 spiro atoms. The summed E-state index contributed by atoms with van der Waals surface area (Å²) < 4.78 is 0. The number of nitrogens with one attached hydrogen (secondary N) is 1. The van der Waals surface area contributed by atoms with Crippen LogP contribution in [0.3, 0.4) is 0 Å². The Morgan fingerprint density at radius 1 is 1.26 bits per heavy atom. The van der Waals surface area contributed by atoms with Gasteiger partial charge in [-0.25, -0.2) is 4.98 Å². The molecule has 0 saturated heterocycles. The van der Waals surface area contributed by atoms with Crippen molar-refractivity contribution in [2.75, 3.05) is 11.9 Å². The van der Waals surface area contributed by atoms with Crippen LogP contribution in [0.25, 0.3) is 10.8 Å². The van der Waals surface area contributed by atoms with Gasteiger partial charge < -0.3 is 15.5 Å². The average Bonchev–Trinajstić information content (AvgIpc) is 2.82. The molecule has 1 aromatic heterocycles. The number of nitrogens with zero attached hydrogens (tertiary/aromatic N) is 1. The molecule has 1 aliphatic rings. The Balaban J connectivity index is 1.82. The molecule has 0 radical (unpaired) electrons. The maximum atomic E-state index is 9.82. The fraction of sp³-hybridized carbons (Fsp3) is 0.400. The zero-order valence-electron chi connectivity index (χ0n) is 10.7. The predicted octanol–water partition coefficient (Wildman–Crippen LogP) is 2.51. The van der Waals surface area contributed by atoms with E-state index in [1.54, 1.807) is 18.3 Å². The molecule has 19 heavy (non-hydrogen) atoms. The molecule has 1 fully saturated rings. The predicted molar refractivity (Wildman–Crippen MR) is 75.2 cm³/mol. The summed E-state index contributed by atoms with van der Waals surface area (Å²) in [5, 5.41) is 24.7. The monoisotopic (exact) mass is 258 g/mol. The number of hydrogen-bond donors (Lipinski definition) is 3. The van der Waals surface area contributed by atoms with Gasteiger partial charge in [0.1, 0.15) is 11.6 Å². The van der Waals surface area contributed by atoms with E-state index in [9.17, 15) is 10.2 Å². The van der Waals surface area contributed by atoms with E-state index in [2.05, 4.69) is 10.3 Å². The number of phenolic OH excluding ortho intramolecular Hbond substituents is 1. The minimum atomic E-state index is -0.198. The lowest BCUT2D eigenvalue weighted by Gasteiger charge is -2.16. The number of aliphatic hydroxyl groups is 1. The van der Waals surface area contributed by atoms with Gasteiger partial charge in [-0.15, -0.1) is 0 Å². The highest BCUT2D eigenvalue weighted by Crippen LogP contribution is 2.28. The fourth-order valence-electron chi connectivity index (χ4n) is 2.78. The first-order valence-electron chi connectivity index (χ1n) is 6.74. The number of aliphatic hydroxyl groups excluding tert-OH is 1. The lowest BCUT2D eigenvalue weighted by Crippen LogP contribution is -2.22. The van der Waals surface area contributed by atoms with E-state index in [1.807, 2.05) is 12.1 Å². The van der Waals surface area contributed by atoms with Gasteiger partial charge in [-0.05, 0) is 36.4 Å². The van der Waals surface area contributed by atoms with E-state index in [4.69, 9.17) is 0 Å². The Morgan fingerprint density at radius 2 is 2.16 bits per heavy atom. The Bertz CT molecular complexity index is 585. The topological polar surface area (TPSA) is 65.4 Å². The number of phenols is 1. The normalized spacial score (nSPS) is 22.8. The molecule has 0 aliphatic heterocycles. The van der Waals surface area contributed by atoms with Gasteiger partial charge in [0.25, 0.3) is 0 Å². The van der Waals surface area contributed by atoms with Crippen molar-refractivity contribution >= 4 is 16.6 Å². The fourth-order valence-corrected chi connectivity index (χ4v) is 2.78. The van der Waals surface area contributed by atoms with E-state index >= 15 is 0 Å². The Hall–Kier alpha value is -1.81. The summed E-state index contributed by atoms with van der Waals surface area (Å²) in [7, 11) is 0. The molecule has 1 saturated carbocycles. The number of pyridine rings is 1. The van der Waals surface area contributed by atoms with E-state index in [-0.39, 0.29) is 11.9 Å². The van der Waals surface area contributed by atoms with Crippen LogP contribution < -0.4 is 5.32 Å². The van der Waals surface area contributed by atoms with Crippen molar-refractivity contribution in [2.24, 2.45) is 5.92 Å². The summed E-state index contributed by atoms with van der Waals surface area (Å²) in [6.07, 6.45) is 4.61. The van der Waals surface area contributed by atoms with E-state index in [1.165, 1.54) is 0 Å². The van der Waals surface area contributed by atoms with E-state index < -0.39 is 0 Å². The first-order valence-corrected chi connectivity index (χ1v) is 6.74. The second-order valence-corrected chi connectivity index (χ2v) is 5.20. The molecule has 2 aromatic rings. The SMILES string of the molecule is Oc1ccc2ccnc(NCC3CCCC3O)c2c1. The summed E-state index contributed by atoms with van der Waals surface area (Å²) in [5.74, 6) is 1.31. The first kappa shape index (κ1) is 12.2. The van der Waals surface area contributed by atoms with Crippen LogP contribution in [-0.2, 0) is 0 Å². The number of rotatable bonds is 3. The van der Waals surface area contributed by atoms with Crippen molar-refractivity contribution in [1.29, 1.82) is 0 Å². The van der Waals surface area contributed by atoms with Crippen LogP contribution in [0.4, 0.5) is 5.82 Å². The third-order valence-corrected chi connectivity index (χ3v) is 3.90. The molecule has 3 rings (SSSR count). The minimum Gasteiger partial charge on any atom is -0.508 e. The highest BCUT2D eigenvalue weighted by atomic mass is 16.3. The van der Waals surface area contributed by atoms with Gasteiger partial charge in [0, 0.05) is 24.0 Å². The van der Waals surface area contributed by atoms with Crippen LogP contribution in [0.1, 0.15) is 19.3 Å². The molecule has 3 N–H and O–H groups in total. The third kappa shape index (κ3) is 2.49. The van der Waals surface area contributed by atoms with Crippen LogP contribution >= 0.6 is 0 Å². The van der Waals surface area contributed by atoms with Gasteiger partial charge in [-0.2, -0.15) is 0 Å². The van der Waals surface area contributed by atoms with Crippen LogP contribution in [0.5, 0.6) is 5.75 Å². The van der Waals surface area contributed by atoms with E-state index in [0.29, 0.717) is 5.92 Å². The Kier molecular flexibility index (Phi) is 3.25. The average molecular weight is 258 g/mol. The van der Waals surface area contributed by atoms with Crippen molar-refractivity contribution in [1.82, 2.24) is 4.98 Å². The molecule has 2 atom stereocenters. The highest BCUT2D eigenvalue weighted by Gasteiger charge is 2.24. The van der Waals surface area contributed by atoms with Crippen molar-refractivity contribution in [3.05, 3.63) is 30.5 Å². The van der Waals surface area contributed by atoms with E-state index in [0.717, 1.165) is 42.4 Å². The standard InChI is InChI=1S/C15H18N2O2/c18-12-5-4-10-6-7-16-15(13(10)8-12)17-9-11-2-1-3-14(11)19/h4-8,11,14,18-19H,1-3,9H2,(H,16,17). The van der Waals surface area contributed by atoms with Gasteiger partial charge in [0.05, 0.1) is 6.10 Å². The zero-order chi connectivity index (χ0) is 13.2. The number of fused-ring (bicyclic) bond motifs is 1. The molecule has 0 amide bonds. The summed E-state index contributed by atoms with van der Waals surface area (Å²) >= 11 is 0. The molecule has 1 aromatic carbocycles. The maximum absolute atomic E-state index is 9.82. The minimum absolute atomic E-state index is 0.198. The van der Waals surface area contributed by atoms with Crippen molar-refractivity contribution in [3.8, 4) is 5.75 Å². The quantitative estimate of drug-likeness (QED) is 0.791. The van der Waals surface area contributed by atoms with Gasteiger partial charge in [0.15, 0.2) is 0 Å². The Morgan fingerprint density at radius 3 is 2.95 bits per heavy atom. The molecule has 2 unspecified atom stereocenters. The zero-order valence-corrected chi connectivity index (χ0v) is 10.7. The molecule has 1 heterocycles. The molecular weight excluding hydrogens is 240 g/mol. The summed E-state index contributed by atoms with van der Waals surface area (Å²) in [5.41, 5.74) is 0. The molecular formula is C15H18N2O2. The molecule has 4 heteroatoms. The van der Waals surface area contributed by atoms with Crippen molar-refractivity contribution in [2.45, 2.75) is 25.4 Å². The summed E-state index contributed by atoms with van der Waals surface area (Å²) in [6.45, 7) is 0.725. The number of anilines is 1. The first-order chi connectivity index (χ1) is 9.24. The summed E-state index contributed by atoms with van der Waals surface area (Å²) in [4.78, 5) is 4.33. The highest BCUT2D eigenvalue weighted by molar-refractivity contribution is 5.92. The lowest BCUT2D eigenvalue weighted by molar-refractivity contribution is 0.138. The number of aromatic nitrogens is 1. The second-order valence-electron chi connectivity index (χ2n) is 5.20. The molecule has 4 nitrogen and oxygen atoms in total. The number of aromatic hydroxyl groups is 1. The van der Waals surface area contributed by atoms with Gasteiger partial charge in [0.2, 0.25) is 0 Å². The maximum Gasteiger partial charge on any atom is 0.133 e. The van der Waals surface area contributed by atoms with Gasteiger partial charge >= 0.3 is 0 Å². The van der Waals surface area contributed by atoms with Crippen molar-refractivity contribution < 1.29 is 10.2 Å². The molecule has 100 valence electrons. The lowest BCUT2D eigenvalue weighted by atomic mass is 10.1. The Labute approximate surface area is 112 Å². The van der Waals surface area contributed by atoms with Gasteiger partial charge in [-0.3, -0.25) is 0 Å². The number of benzene rings is 1. The van der Waals surface area contributed by atoms with Crippen molar-refractivity contribution in [3.63, 3.8) is 0 Å². The van der Waals surface area contributed by atoms with Crippen LogP contribution in [0.2, 0.25) is 0 Å². The smallest absolute Gasteiger partial charge is 0.133 e. The second kappa shape index (κ2) is 5.05. The largest absolute Gasteiger partial charge is 0.508 e. The molecule has 1 aliphatic carbocycles. The van der Waals surface area contributed by atoms with Crippen LogP contribution in [-0.4, -0.2) is 27.8 Å². The third-order valence-electron chi connectivity index (χ3n) is 3.90. The summed E-state index contributed by atoms with van der Waals surface area (Å²) in [6, 6.07) is 7.19. The van der Waals surface area contributed by atoms with Crippen LogP contribution in [0, 0.1) is 5.92 Å². The van der Waals surface area contributed by atoms with Gasteiger partial charge in [-0.1, -0.05) is 12.5 Å². The molecule has 0 bridgehead atoms. The number of hydrogen-bond acceptors (Lipinski definition) is 4.